The minimum Gasteiger partial charge on any atom is -0.496 e. The Morgan fingerprint density at radius 2 is 2.00 bits per heavy atom. The van der Waals surface area contributed by atoms with Crippen molar-refractivity contribution in [2.24, 2.45) is 0 Å². The smallest absolute Gasteiger partial charge is 0.184 e. The third-order valence-corrected chi connectivity index (χ3v) is 3.15. The molecule has 1 saturated heterocycles. The predicted octanol–water partition coefficient (Wildman–Crippen LogP) is 3.00. The van der Waals surface area contributed by atoms with Gasteiger partial charge in [0, 0.05) is 5.56 Å². The molecular weight excluding hydrogens is 216 g/mol. The van der Waals surface area contributed by atoms with Crippen molar-refractivity contribution in [3.05, 3.63) is 28.8 Å². The zero-order valence-electron chi connectivity index (χ0n) is 10.8. The lowest BCUT2D eigenvalue weighted by Gasteiger charge is -2.19. The van der Waals surface area contributed by atoms with Gasteiger partial charge in [0.05, 0.1) is 20.3 Å². The van der Waals surface area contributed by atoms with Crippen LogP contribution in [0.4, 0.5) is 0 Å². The average Bonchev–Trinajstić information content (AvgIpc) is 2.83. The molecule has 0 aliphatic carbocycles. The van der Waals surface area contributed by atoms with E-state index in [-0.39, 0.29) is 6.29 Å². The van der Waals surface area contributed by atoms with Crippen LogP contribution in [0, 0.1) is 6.92 Å². The van der Waals surface area contributed by atoms with Crippen LogP contribution in [0.1, 0.15) is 36.3 Å². The maximum Gasteiger partial charge on any atom is 0.184 e. The van der Waals surface area contributed by atoms with Crippen molar-refractivity contribution in [1.82, 2.24) is 0 Å². The van der Waals surface area contributed by atoms with Gasteiger partial charge in [-0.3, -0.25) is 0 Å². The maximum atomic E-state index is 5.63. The summed E-state index contributed by atoms with van der Waals surface area (Å²) in [6.07, 6.45) is 1.95. The molecule has 1 aromatic rings. The third kappa shape index (κ3) is 2.45. The van der Waals surface area contributed by atoms with Crippen molar-refractivity contribution < 1.29 is 14.2 Å². The summed E-state index contributed by atoms with van der Waals surface area (Å²) in [5, 5.41) is 0. The average molecular weight is 236 g/mol. The Morgan fingerprint density at radius 3 is 2.59 bits per heavy atom. The van der Waals surface area contributed by atoms with E-state index in [0.29, 0.717) is 13.2 Å². The molecule has 1 fully saturated rings. The Kier molecular flexibility index (Phi) is 4.02. The van der Waals surface area contributed by atoms with Crippen molar-refractivity contribution in [2.45, 2.75) is 33.0 Å². The van der Waals surface area contributed by atoms with Crippen molar-refractivity contribution in [3.8, 4) is 5.75 Å². The van der Waals surface area contributed by atoms with Gasteiger partial charge in [0.15, 0.2) is 6.29 Å². The first-order valence-corrected chi connectivity index (χ1v) is 6.17. The van der Waals surface area contributed by atoms with E-state index in [2.05, 4.69) is 19.9 Å². The number of hydrogen-bond donors (Lipinski definition) is 0. The topological polar surface area (TPSA) is 27.7 Å². The summed E-state index contributed by atoms with van der Waals surface area (Å²) in [7, 11) is 1.70. The number of methoxy groups -OCH3 is 1. The molecule has 0 bridgehead atoms. The summed E-state index contributed by atoms with van der Waals surface area (Å²) in [5.74, 6) is 0.902. The third-order valence-electron chi connectivity index (χ3n) is 3.15. The van der Waals surface area contributed by atoms with Crippen LogP contribution < -0.4 is 4.74 Å². The first-order chi connectivity index (χ1) is 8.27. The molecule has 1 aromatic carbocycles. The molecule has 0 unspecified atom stereocenters. The van der Waals surface area contributed by atoms with Crippen molar-refractivity contribution in [1.29, 1.82) is 0 Å². The maximum absolute atomic E-state index is 5.63. The van der Waals surface area contributed by atoms with E-state index in [0.717, 1.165) is 29.7 Å². The van der Waals surface area contributed by atoms with E-state index in [1.165, 1.54) is 5.56 Å². The number of aryl methyl sites for hydroxylation is 1. The number of ether oxygens (including phenoxy) is 3. The minimum atomic E-state index is -0.216. The Hall–Kier alpha value is -1.06. The van der Waals surface area contributed by atoms with Gasteiger partial charge < -0.3 is 14.2 Å². The van der Waals surface area contributed by atoms with Gasteiger partial charge >= 0.3 is 0 Å². The fourth-order valence-corrected chi connectivity index (χ4v) is 2.33. The first-order valence-electron chi connectivity index (χ1n) is 6.17. The summed E-state index contributed by atoms with van der Waals surface area (Å²) in [6.45, 7) is 5.60. The lowest BCUT2D eigenvalue weighted by atomic mass is 9.97. The minimum absolute atomic E-state index is 0.216. The van der Waals surface area contributed by atoms with Gasteiger partial charge in [0.25, 0.3) is 0 Å². The monoisotopic (exact) mass is 236 g/mol. The SMILES string of the molecule is CCCc1ccc(OC)c(C)c1C1OCCO1. The lowest BCUT2D eigenvalue weighted by molar-refractivity contribution is -0.0452. The van der Waals surface area contributed by atoms with Crippen LogP contribution in [0.5, 0.6) is 5.75 Å². The summed E-state index contributed by atoms with van der Waals surface area (Å²) in [6, 6.07) is 4.15. The summed E-state index contributed by atoms with van der Waals surface area (Å²) in [4.78, 5) is 0. The fourth-order valence-electron chi connectivity index (χ4n) is 2.33. The number of hydrogen-bond acceptors (Lipinski definition) is 3. The molecular formula is C14H20O3. The summed E-state index contributed by atoms with van der Waals surface area (Å²) in [5.41, 5.74) is 3.59. The van der Waals surface area contributed by atoms with Crippen LogP contribution in [0.2, 0.25) is 0 Å². The zero-order valence-corrected chi connectivity index (χ0v) is 10.8. The standard InChI is InChI=1S/C14H20O3/c1-4-5-11-6-7-12(15-3)10(2)13(11)14-16-8-9-17-14/h6-7,14H,4-5,8-9H2,1-3H3. The van der Waals surface area contributed by atoms with Crippen LogP contribution in [0.15, 0.2) is 12.1 Å². The predicted molar refractivity (Wildman–Crippen MR) is 66.4 cm³/mol. The number of rotatable bonds is 4. The van der Waals surface area contributed by atoms with Crippen molar-refractivity contribution >= 4 is 0 Å². The van der Waals surface area contributed by atoms with E-state index in [1.54, 1.807) is 7.11 Å². The molecule has 0 spiro atoms. The van der Waals surface area contributed by atoms with Crippen molar-refractivity contribution in [3.63, 3.8) is 0 Å². The Balaban J connectivity index is 2.42. The molecule has 0 amide bonds. The molecule has 0 N–H and O–H groups in total. The summed E-state index contributed by atoms with van der Waals surface area (Å²) < 4.78 is 16.6. The Bertz CT molecular complexity index is 381. The molecule has 1 heterocycles. The molecule has 1 aliphatic heterocycles. The van der Waals surface area contributed by atoms with Gasteiger partial charge in [0.2, 0.25) is 0 Å². The molecule has 94 valence electrons. The molecule has 0 aromatic heterocycles. The zero-order chi connectivity index (χ0) is 12.3. The van der Waals surface area contributed by atoms with Gasteiger partial charge in [0.1, 0.15) is 5.75 Å². The fraction of sp³-hybridized carbons (Fsp3) is 0.571. The second-order valence-corrected chi connectivity index (χ2v) is 4.29. The van der Waals surface area contributed by atoms with Crippen LogP contribution >= 0.6 is 0 Å². The second-order valence-electron chi connectivity index (χ2n) is 4.29. The second kappa shape index (κ2) is 5.52. The van der Waals surface area contributed by atoms with E-state index in [4.69, 9.17) is 14.2 Å². The largest absolute Gasteiger partial charge is 0.496 e. The lowest BCUT2D eigenvalue weighted by Crippen LogP contribution is -2.07. The van der Waals surface area contributed by atoms with Crippen LogP contribution in [0.25, 0.3) is 0 Å². The normalized spacial score (nSPS) is 16.4. The summed E-state index contributed by atoms with van der Waals surface area (Å²) >= 11 is 0. The quantitative estimate of drug-likeness (QED) is 0.804. The van der Waals surface area contributed by atoms with E-state index >= 15 is 0 Å². The highest BCUT2D eigenvalue weighted by atomic mass is 16.7. The Morgan fingerprint density at radius 1 is 1.29 bits per heavy atom. The molecule has 0 atom stereocenters. The van der Waals surface area contributed by atoms with Crippen molar-refractivity contribution in [2.75, 3.05) is 20.3 Å². The van der Waals surface area contributed by atoms with E-state index < -0.39 is 0 Å². The van der Waals surface area contributed by atoms with Crippen LogP contribution in [-0.4, -0.2) is 20.3 Å². The first kappa shape index (κ1) is 12.4. The molecule has 0 radical (unpaired) electrons. The molecule has 3 nitrogen and oxygen atoms in total. The molecule has 2 rings (SSSR count). The number of benzene rings is 1. The molecule has 1 aliphatic rings. The van der Waals surface area contributed by atoms with E-state index in [9.17, 15) is 0 Å². The van der Waals surface area contributed by atoms with Crippen LogP contribution in [0.3, 0.4) is 0 Å². The van der Waals surface area contributed by atoms with Gasteiger partial charge in [-0.05, 0) is 30.5 Å². The van der Waals surface area contributed by atoms with Gasteiger partial charge in [-0.1, -0.05) is 19.4 Å². The Labute approximate surface area is 103 Å². The highest BCUT2D eigenvalue weighted by Crippen LogP contribution is 2.34. The van der Waals surface area contributed by atoms with Crippen LogP contribution in [-0.2, 0) is 15.9 Å². The highest BCUT2D eigenvalue weighted by Gasteiger charge is 2.24. The molecule has 0 saturated carbocycles. The van der Waals surface area contributed by atoms with E-state index in [1.807, 2.05) is 6.07 Å². The van der Waals surface area contributed by atoms with Gasteiger partial charge in [-0.25, -0.2) is 0 Å². The highest BCUT2D eigenvalue weighted by molar-refractivity contribution is 5.45. The molecule has 3 heteroatoms. The van der Waals surface area contributed by atoms with Gasteiger partial charge in [-0.15, -0.1) is 0 Å². The van der Waals surface area contributed by atoms with Gasteiger partial charge in [-0.2, -0.15) is 0 Å². The molecule has 17 heavy (non-hydrogen) atoms.